The lowest BCUT2D eigenvalue weighted by atomic mass is 10.1. The van der Waals surface area contributed by atoms with E-state index in [1.807, 2.05) is 0 Å². The molecule has 0 heterocycles. The molecule has 0 fully saturated rings. The fraction of sp³-hybridized carbons (Fsp3) is 0. The van der Waals surface area contributed by atoms with E-state index in [1.54, 1.807) is 0 Å². The molecule has 1 aromatic rings. The van der Waals surface area contributed by atoms with Crippen LogP contribution >= 0.6 is 12.9 Å². The van der Waals surface area contributed by atoms with E-state index in [0.29, 0.717) is 0 Å². The van der Waals surface area contributed by atoms with Gasteiger partial charge in [0.25, 0.3) is 0 Å². The predicted octanol–water partition coefficient (Wildman–Crippen LogP) is 1.31. The molecule has 74 valence electrons. The summed E-state index contributed by atoms with van der Waals surface area (Å²) < 4.78 is 4.46. The van der Waals surface area contributed by atoms with Gasteiger partial charge in [0, 0.05) is 12.9 Å². The van der Waals surface area contributed by atoms with Crippen LogP contribution in [0.5, 0.6) is 5.75 Å². The maximum atomic E-state index is 10.6. The Labute approximate surface area is 84.6 Å². The highest BCUT2D eigenvalue weighted by Crippen LogP contribution is 2.18. The van der Waals surface area contributed by atoms with Crippen molar-refractivity contribution in [3.8, 4) is 5.75 Å². The van der Waals surface area contributed by atoms with Crippen molar-refractivity contribution in [1.82, 2.24) is 0 Å². The maximum absolute atomic E-state index is 10.6. The summed E-state index contributed by atoms with van der Waals surface area (Å²) in [5.74, 6) is -2.37. The summed E-state index contributed by atoms with van der Waals surface area (Å²) in [6.07, 6.45) is 0. The van der Waals surface area contributed by atoms with Crippen LogP contribution in [-0.4, -0.2) is 22.2 Å². The molecule has 2 N–H and O–H groups in total. The normalized spacial score (nSPS) is 9.50. The molecule has 0 saturated carbocycles. The summed E-state index contributed by atoms with van der Waals surface area (Å²) in [6, 6.07) is 3.41. The highest BCUT2D eigenvalue weighted by molar-refractivity contribution is 7.75. The van der Waals surface area contributed by atoms with Crippen LogP contribution in [0.1, 0.15) is 20.7 Å². The zero-order chi connectivity index (χ0) is 10.7. The largest absolute Gasteiger partial charge is 0.478 e. The Morgan fingerprint density at radius 3 is 1.79 bits per heavy atom. The first kappa shape index (κ1) is 10.4. The molecular formula is C8H6O5S. The second-order valence-electron chi connectivity index (χ2n) is 2.45. The summed E-state index contributed by atoms with van der Waals surface area (Å²) >= 11 is 3.46. The molecule has 0 spiro atoms. The van der Waals surface area contributed by atoms with Crippen molar-refractivity contribution in [2.24, 2.45) is 0 Å². The highest BCUT2D eigenvalue weighted by atomic mass is 32.1. The van der Waals surface area contributed by atoms with E-state index >= 15 is 0 Å². The standard InChI is InChI=1S/C8H6O5S/c9-7(10)4-1-5(8(11)12)3-6(2-4)13-14/h1-3,14H,(H,9,10)(H,11,12). The van der Waals surface area contributed by atoms with Crippen molar-refractivity contribution in [3.63, 3.8) is 0 Å². The zero-order valence-corrected chi connectivity index (χ0v) is 7.69. The second kappa shape index (κ2) is 4.01. The smallest absolute Gasteiger partial charge is 0.335 e. The van der Waals surface area contributed by atoms with Gasteiger partial charge in [0.05, 0.1) is 11.1 Å². The van der Waals surface area contributed by atoms with E-state index in [4.69, 9.17) is 10.2 Å². The summed E-state index contributed by atoms with van der Waals surface area (Å²) in [7, 11) is 0. The lowest BCUT2D eigenvalue weighted by molar-refractivity contribution is 0.0696. The Morgan fingerprint density at radius 1 is 1.07 bits per heavy atom. The number of benzene rings is 1. The molecule has 6 heteroatoms. The summed E-state index contributed by atoms with van der Waals surface area (Å²) in [4.78, 5) is 21.1. The molecule has 0 radical (unpaired) electrons. The highest BCUT2D eigenvalue weighted by Gasteiger charge is 2.11. The molecule has 14 heavy (non-hydrogen) atoms. The van der Waals surface area contributed by atoms with Crippen LogP contribution in [0.15, 0.2) is 18.2 Å². The SMILES string of the molecule is O=C(O)c1cc(OS)cc(C(=O)O)c1. The van der Waals surface area contributed by atoms with Gasteiger partial charge in [-0.05, 0) is 18.2 Å². The molecule has 0 aliphatic carbocycles. The third kappa shape index (κ3) is 2.17. The summed E-state index contributed by atoms with van der Waals surface area (Å²) in [5, 5.41) is 17.3. The first-order valence-corrected chi connectivity index (χ1v) is 3.84. The van der Waals surface area contributed by atoms with Crippen LogP contribution in [0.4, 0.5) is 0 Å². The minimum Gasteiger partial charge on any atom is -0.478 e. The Bertz CT molecular complexity index is 355. The van der Waals surface area contributed by atoms with Gasteiger partial charge in [0.2, 0.25) is 0 Å². The Kier molecular flexibility index (Phi) is 2.98. The molecule has 5 nitrogen and oxygen atoms in total. The monoisotopic (exact) mass is 214 g/mol. The van der Waals surface area contributed by atoms with Gasteiger partial charge >= 0.3 is 11.9 Å². The van der Waals surface area contributed by atoms with Gasteiger partial charge in [-0.15, -0.1) is 0 Å². The average molecular weight is 214 g/mol. The molecule has 0 unspecified atom stereocenters. The fourth-order valence-corrected chi connectivity index (χ4v) is 1.00. The first-order valence-electron chi connectivity index (χ1n) is 3.47. The van der Waals surface area contributed by atoms with Crippen LogP contribution in [0.25, 0.3) is 0 Å². The van der Waals surface area contributed by atoms with Crippen LogP contribution in [0, 0.1) is 0 Å². The van der Waals surface area contributed by atoms with Gasteiger partial charge in [-0.2, -0.15) is 0 Å². The van der Waals surface area contributed by atoms with Gasteiger partial charge in [-0.25, -0.2) is 9.59 Å². The topological polar surface area (TPSA) is 83.8 Å². The number of carbonyl (C=O) groups is 2. The number of carboxylic acid groups (broad SMARTS) is 2. The quantitative estimate of drug-likeness (QED) is 0.521. The lowest BCUT2D eigenvalue weighted by Gasteiger charge is -2.02. The Balaban J connectivity index is 3.27. The van der Waals surface area contributed by atoms with Crippen LogP contribution in [-0.2, 0) is 0 Å². The van der Waals surface area contributed by atoms with E-state index in [9.17, 15) is 9.59 Å². The molecule has 0 saturated heterocycles. The average Bonchev–Trinajstić information content (AvgIpc) is 2.16. The van der Waals surface area contributed by atoms with Crippen molar-refractivity contribution in [2.75, 3.05) is 0 Å². The van der Waals surface area contributed by atoms with Crippen LogP contribution in [0.3, 0.4) is 0 Å². The van der Waals surface area contributed by atoms with Crippen LogP contribution < -0.4 is 4.18 Å². The predicted molar refractivity (Wildman–Crippen MR) is 50.0 cm³/mol. The minimum absolute atomic E-state index is 0.0747. The van der Waals surface area contributed by atoms with Crippen molar-refractivity contribution in [2.45, 2.75) is 0 Å². The molecule has 0 bridgehead atoms. The van der Waals surface area contributed by atoms with E-state index in [0.717, 1.165) is 6.07 Å². The number of carboxylic acids is 2. The van der Waals surface area contributed by atoms with Crippen molar-refractivity contribution in [3.05, 3.63) is 29.3 Å². The molecule has 0 amide bonds. The number of hydrogen-bond donors (Lipinski definition) is 3. The van der Waals surface area contributed by atoms with Crippen LogP contribution in [0.2, 0.25) is 0 Å². The maximum Gasteiger partial charge on any atom is 0.335 e. The van der Waals surface area contributed by atoms with Gasteiger partial charge in [0.1, 0.15) is 5.75 Å². The molecular weight excluding hydrogens is 208 g/mol. The molecule has 0 aliphatic heterocycles. The summed E-state index contributed by atoms with van der Waals surface area (Å²) in [6.45, 7) is 0. The van der Waals surface area contributed by atoms with Gasteiger partial charge in [0.15, 0.2) is 0 Å². The molecule has 0 atom stereocenters. The molecule has 1 aromatic carbocycles. The van der Waals surface area contributed by atoms with Gasteiger partial charge < -0.3 is 14.4 Å². The van der Waals surface area contributed by atoms with Crippen molar-refractivity contribution < 1.29 is 24.0 Å². The number of rotatable bonds is 3. The Morgan fingerprint density at radius 2 is 1.50 bits per heavy atom. The number of aromatic carboxylic acids is 2. The van der Waals surface area contributed by atoms with Gasteiger partial charge in [-0.3, -0.25) is 0 Å². The number of thiol groups is 1. The zero-order valence-electron chi connectivity index (χ0n) is 6.80. The van der Waals surface area contributed by atoms with E-state index in [2.05, 4.69) is 17.1 Å². The van der Waals surface area contributed by atoms with E-state index < -0.39 is 11.9 Å². The molecule has 0 aromatic heterocycles. The second-order valence-corrected chi connectivity index (χ2v) is 2.63. The minimum atomic E-state index is -1.22. The first-order chi connectivity index (χ1) is 6.54. The third-order valence-electron chi connectivity index (χ3n) is 1.51. The van der Waals surface area contributed by atoms with E-state index in [-0.39, 0.29) is 16.9 Å². The third-order valence-corrected chi connectivity index (χ3v) is 1.72. The van der Waals surface area contributed by atoms with Crippen molar-refractivity contribution >= 4 is 24.8 Å². The number of hydrogen-bond acceptors (Lipinski definition) is 4. The van der Waals surface area contributed by atoms with Crippen molar-refractivity contribution in [1.29, 1.82) is 0 Å². The fourth-order valence-electron chi connectivity index (χ4n) is 0.899. The lowest BCUT2D eigenvalue weighted by Crippen LogP contribution is -2.02. The van der Waals surface area contributed by atoms with Gasteiger partial charge in [-0.1, -0.05) is 0 Å². The Hall–Kier alpha value is -1.69. The summed E-state index contributed by atoms with van der Waals surface area (Å²) in [5.41, 5.74) is -0.317. The molecule has 1 rings (SSSR count). The molecule has 0 aliphatic rings. The van der Waals surface area contributed by atoms with E-state index in [1.165, 1.54) is 12.1 Å².